The van der Waals surface area contributed by atoms with Gasteiger partial charge in [-0.25, -0.2) is 0 Å². The fourth-order valence-corrected chi connectivity index (χ4v) is 1.60. The van der Waals surface area contributed by atoms with Crippen LogP contribution in [0.4, 0.5) is 0 Å². The minimum absolute atomic E-state index is 0.280. The number of carbonyl (C=O) groups is 1. The molecule has 88 valence electrons. The molecule has 0 spiro atoms. The van der Waals surface area contributed by atoms with Gasteiger partial charge in [0, 0.05) is 6.92 Å². The molecule has 2 unspecified atom stereocenters. The molecule has 2 atom stereocenters. The normalized spacial score (nSPS) is 14.0. The van der Waals surface area contributed by atoms with Crippen molar-refractivity contribution in [1.29, 1.82) is 0 Å². The second kappa shape index (κ2) is 5.75. The number of rotatable bonds is 4. The van der Waals surface area contributed by atoms with Gasteiger partial charge in [-0.05, 0) is 24.6 Å². The molecule has 0 radical (unpaired) electrons. The smallest absolute Gasteiger partial charge is 0.303 e. The molecule has 0 aliphatic rings. The zero-order valence-electron chi connectivity index (χ0n) is 9.57. The molecular weight excluding hydrogens is 228 g/mol. The van der Waals surface area contributed by atoms with Gasteiger partial charge in [0.25, 0.3) is 0 Å². The van der Waals surface area contributed by atoms with Crippen molar-refractivity contribution in [2.45, 2.75) is 25.3 Å². The summed E-state index contributed by atoms with van der Waals surface area (Å²) in [6.07, 6.45) is -0.426. The average Bonchev–Trinajstić information content (AvgIpc) is 2.25. The maximum atomic E-state index is 10.9. The Balaban J connectivity index is 2.88. The number of methoxy groups -OCH3 is 1. The molecule has 1 aromatic carbocycles. The van der Waals surface area contributed by atoms with Gasteiger partial charge >= 0.3 is 5.97 Å². The van der Waals surface area contributed by atoms with E-state index in [9.17, 15) is 4.79 Å². The zero-order valence-corrected chi connectivity index (χ0v) is 10.3. The Morgan fingerprint density at radius 3 is 2.25 bits per heavy atom. The summed E-state index contributed by atoms with van der Waals surface area (Å²) < 4.78 is 10.2. The van der Waals surface area contributed by atoms with Crippen molar-refractivity contribution in [2.75, 3.05) is 7.11 Å². The van der Waals surface area contributed by atoms with Crippen LogP contribution in [0.5, 0.6) is 5.75 Å². The van der Waals surface area contributed by atoms with Crippen LogP contribution in [0.1, 0.15) is 25.5 Å². The highest BCUT2D eigenvalue weighted by Crippen LogP contribution is 2.26. The number of hydrogen-bond acceptors (Lipinski definition) is 3. The van der Waals surface area contributed by atoms with E-state index in [4.69, 9.17) is 21.1 Å². The molecular formula is C12H15ClO3. The van der Waals surface area contributed by atoms with Crippen LogP contribution < -0.4 is 4.74 Å². The summed E-state index contributed by atoms with van der Waals surface area (Å²) >= 11 is 5.99. The van der Waals surface area contributed by atoms with Gasteiger partial charge in [-0.15, -0.1) is 11.6 Å². The minimum Gasteiger partial charge on any atom is -0.497 e. The summed E-state index contributed by atoms with van der Waals surface area (Å²) in [4.78, 5) is 10.9. The monoisotopic (exact) mass is 242 g/mol. The van der Waals surface area contributed by atoms with Crippen molar-refractivity contribution in [3.63, 3.8) is 0 Å². The first-order valence-electron chi connectivity index (χ1n) is 5.00. The van der Waals surface area contributed by atoms with Gasteiger partial charge in [-0.1, -0.05) is 12.1 Å². The molecule has 1 rings (SSSR count). The Morgan fingerprint density at radius 2 is 1.88 bits per heavy atom. The molecule has 0 fully saturated rings. The standard InChI is InChI=1S/C12H15ClO3/c1-8(13)12(16-9(2)14)10-4-6-11(15-3)7-5-10/h4-8,12H,1-3H3. The van der Waals surface area contributed by atoms with Crippen molar-refractivity contribution in [2.24, 2.45) is 0 Å². The van der Waals surface area contributed by atoms with Crippen LogP contribution in [0, 0.1) is 0 Å². The van der Waals surface area contributed by atoms with Crippen molar-refractivity contribution in [3.05, 3.63) is 29.8 Å². The predicted octanol–water partition coefficient (Wildman–Crippen LogP) is 2.93. The zero-order chi connectivity index (χ0) is 12.1. The third-order valence-electron chi connectivity index (χ3n) is 2.15. The first kappa shape index (κ1) is 12.8. The van der Waals surface area contributed by atoms with E-state index in [0.717, 1.165) is 11.3 Å². The Bertz CT molecular complexity index is 346. The van der Waals surface area contributed by atoms with Gasteiger partial charge in [0.1, 0.15) is 11.9 Å². The molecule has 0 aliphatic carbocycles. The van der Waals surface area contributed by atoms with E-state index >= 15 is 0 Å². The highest BCUT2D eigenvalue weighted by atomic mass is 35.5. The molecule has 0 heterocycles. The van der Waals surface area contributed by atoms with E-state index in [1.54, 1.807) is 14.0 Å². The molecule has 3 nitrogen and oxygen atoms in total. The fraction of sp³-hybridized carbons (Fsp3) is 0.417. The molecule has 0 saturated heterocycles. The van der Waals surface area contributed by atoms with E-state index in [2.05, 4.69) is 0 Å². The lowest BCUT2D eigenvalue weighted by molar-refractivity contribution is -0.146. The summed E-state index contributed by atoms with van der Waals surface area (Å²) in [5.74, 6) is 0.417. The Morgan fingerprint density at radius 1 is 1.31 bits per heavy atom. The molecule has 0 amide bonds. The van der Waals surface area contributed by atoms with Crippen LogP contribution >= 0.6 is 11.6 Å². The second-order valence-electron chi connectivity index (χ2n) is 3.48. The number of benzene rings is 1. The Hall–Kier alpha value is -1.22. The number of ether oxygens (including phenoxy) is 2. The van der Waals surface area contributed by atoms with Gasteiger partial charge in [-0.3, -0.25) is 4.79 Å². The summed E-state index contributed by atoms with van der Waals surface area (Å²) in [5, 5.41) is -0.280. The van der Waals surface area contributed by atoms with Gasteiger partial charge in [0.2, 0.25) is 0 Å². The molecule has 0 saturated carbocycles. The first-order valence-corrected chi connectivity index (χ1v) is 5.43. The van der Waals surface area contributed by atoms with Crippen molar-refractivity contribution < 1.29 is 14.3 Å². The highest BCUT2D eigenvalue weighted by molar-refractivity contribution is 6.20. The highest BCUT2D eigenvalue weighted by Gasteiger charge is 2.20. The quantitative estimate of drug-likeness (QED) is 0.602. The van der Waals surface area contributed by atoms with Crippen molar-refractivity contribution in [1.82, 2.24) is 0 Å². The Kier molecular flexibility index (Phi) is 4.62. The van der Waals surface area contributed by atoms with E-state index in [0.29, 0.717) is 0 Å². The summed E-state index contributed by atoms with van der Waals surface area (Å²) in [7, 11) is 1.60. The van der Waals surface area contributed by atoms with Gasteiger partial charge in [-0.2, -0.15) is 0 Å². The maximum absolute atomic E-state index is 10.9. The van der Waals surface area contributed by atoms with Crippen LogP contribution in [0.3, 0.4) is 0 Å². The first-order chi connectivity index (χ1) is 7.54. The summed E-state index contributed by atoms with van der Waals surface area (Å²) in [6.45, 7) is 3.16. The van der Waals surface area contributed by atoms with E-state index in [1.165, 1.54) is 6.92 Å². The summed E-state index contributed by atoms with van der Waals surface area (Å²) in [5.41, 5.74) is 0.860. The predicted molar refractivity (Wildman–Crippen MR) is 62.8 cm³/mol. The average molecular weight is 243 g/mol. The minimum atomic E-state index is -0.426. The van der Waals surface area contributed by atoms with E-state index in [-0.39, 0.29) is 11.3 Å². The molecule has 16 heavy (non-hydrogen) atoms. The lowest BCUT2D eigenvalue weighted by atomic mass is 10.1. The number of hydrogen-bond donors (Lipinski definition) is 0. The molecule has 0 N–H and O–H groups in total. The molecule has 0 bridgehead atoms. The molecule has 0 aliphatic heterocycles. The molecule has 0 aromatic heterocycles. The third kappa shape index (κ3) is 3.42. The molecule has 4 heteroatoms. The second-order valence-corrected chi connectivity index (χ2v) is 4.17. The van der Waals surface area contributed by atoms with Crippen molar-refractivity contribution in [3.8, 4) is 5.75 Å². The van der Waals surface area contributed by atoms with Crippen LogP contribution in [0.2, 0.25) is 0 Å². The SMILES string of the molecule is COc1ccc(C(OC(C)=O)C(C)Cl)cc1. The van der Waals surface area contributed by atoms with Crippen molar-refractivity contribution >= 4 is 17.6 Å². The van der Waals surface area contributed by atoms with E-state index < -0.39 is 6.10 Å². The summed E-state index contributed by atoms with van der Waals surface area (Å²) in [6, 6.07) is 7.30. The third-order valence-corrected chi connectivity index (χ3v) is 2.38. The number of carbonyl (C=O) groups excluding carboxylic acids is 1. The maximum Gasteiger partial charge on any atom is 0.303 e. The fourth-order valence-electron chi connectivity index (χ4n) is 1.40. The van der Waals surface area contributed by atoms with Gasteiger partial charge in [0.15, 0.2) is 0 Å². The van der Waals surface area contributed by atoms with Crippen LogP contribution in [0.25, 0.3) is 0 Å². The van der Waals surface area contributed by atoms with E-state index in [1.807, 2.05) is 24.3 Å². The van der Waals surface area contributed by atoms with Crippen LogP contribution in [0.15, 0.2) is 24.3 Å². The topological polar surface area (TPSA) is 35.5 Å². The Labute approximate surface area is 100 Å². The number of halogens is 1. The lowest BCUT2D eigenvalue weighted by Crippen LogP contribution is -2.16. The van der Waals surface area contributed by atoms with Gasteiger partial charge in [0.05, 0.1) is 12.5 Å². The number of alkyl halides is 1. The number of esters is 1. The molecule has 1 aromatic rings. The van der Waals surface area contributed by atoms with Gasteiger partial charge < -0.3 is 9.47 Å². The van der Waals surface area contributed by atoms with Crippen LogP contribution in [-0.2, 0) is 9.53 Å². The largest absolute Gasteiger partial charge is 0.497 e. The van der Waals surface area contributed by atoms with Crippen LogP contribution in [-0.4, -0.2) is 18.5 Å². The lowest BCUT2D eigenvalue weighted by Gasteiger charge is -2.19.